The molecule has 0 fully saturated rings. The molecule has 1 aromatic carbocycles. The van der Waals surface area contributed by atoms with Crippen molar-refractivity contribution in [2.24, 2.45) is 0 Å². The summed E-state index contributed by atoms with van der Waals surface area (Å²) < 4.78 is 27.4. The Morgan fingerprint density at radius 2 is 1.57 bits per heavy atom. The second kappa shape index (κ2) is 5.10. The highest BCUT2D eigenvalue weighted by atomic mass is 127. The van der Waals surface area contributed by atoms with Gasteiger partial charge in [0.15, 0.2) is 0 Å². The van der Waals surface area contributed by atoms with Gasteiger partial charge in [0.05, 0.1) is 4.90 Å². The van der Waals surface area contributed by atoms with E-state index in [0.29, 0.717) is 0 Å². The van der Waals surface area contributed by atoms with Crippen LogP contribution in [0.4, 0.5) is 0 Å². The monoisotopic (exact) mass is 550 g/mol. The lowest BCUT2D eigenvalue weighted by atomic mass is 10.4. The van der Waals surface area contributed by atoms with Gasteiger partial charge in [-0.3, -0.25) is 0 Å². The van der Waals surface area contributed by atoms with E-state index in [1.807, 2.05) is 67.8 Å². The molecule has 0 aliphatic heterocycles. The van der Waals surface area contributed by atoms with Crippen molar-refractivity contribution in [3.05, 3.63) is 30.3 Å². The van der Waals surface area contributed by atoms with Gasteiger partial charge in [-0.05, 0) is 79.9 Å². The van der Waals surface area contributed by atoms with Crippen molar-refractivity contribution in [3.8, 4) is 0 Å². The number of alkyl halides is 3. The number of hydrogen-bond acceptors (Lipinski definition) is 3. The predicted molar refractivity (Wildman–Crippen MR) is 79.5 cm³/mol. The first-order valence-electron chi connectivity index (χ1n) is 3.39. The molecular formula is C7H5I3O3S. The van der Waals surface area contributed by atoms with Gasteiger partial charge in [0, 0.05) is 0 Å². The van der Waals surface area contributed by atoms with Gasteiger partial charge in [0.1, 0.15) is 0 Å². The first kappa shape index (κ1) is 13.4. The highest BCUT2D eigenvalue weighted by Gasteiger charge is 2.28. The minimum Gasteiger partial charge on any atom is -0.228 e. The van der Waals surface area contributed by atoms with E-state index < -0.39 is 9.74 Å². The van der Waals surface area contributed by atoms with Crippen LogP contribution in [0.1, 0.15) is 0 Å². The van der Waals surface area contributed by atoms with Gasteiger partial charge in [-0.25, -0.2) is 4.18 Å². The summed E-state index contributed by atoms with van der Waals surface area (Å²) >= 11 is 5.70. The number of benzene rings is 1. The molecule has 3 nitrogen and oxygen atoms in total. The fourth-order valence-electron chi connectivity index (χ4n) is 0.760. The summed E-state index contributed by atoms with van der Waals surface area (Å²) in [4.78, 5) is 0.175. The molecule has 0 radical (unpaired) electrons. The topological polar surface area (TPSA) is 43.4 Å². The average molecular weight is 550 g/mol. The molecule has 0 aliphatic rings. The summed E-state index contributed by atoms with van der Waals surface area (Å²) in [5.74, 6) is 0. The second-order valence-corrected chi connectivity index (χ2v) is 14.6. The summed E-state index contributed by atoms with van der Waals surface area (Å²) in [6.07, 6.45) is 0. The lowest BCUT2D eigenvalue weighted by Crippen LogP contribution is -2.14. The van der Waals surface area contributed by atoms with Gasteiger partial charge in [-0.2, -0.15) is 8.42 Å². The molecule has 1 rings (SSSR count). The van der Waals surface area contributed by atoms with Crippen LogP contribution in [0.3, 0.4) is 0 Å². The first-order chi connectivity index (χ1) is 6.31. The Morgan fingerprint density at radius 3 is 2.00 bits per heavy atom. The van der Waals surface area contributed by atoms with Crippen molar-refractivity contribution in [2.45, 2.75) is 4.52 Å². The van der Waals surface area contributed by atoms with Crippen LogP contribution in [0.25, 0.3) is 0 Å². The molecular weight excluding hydrogens is 545 g/mol. The van der Waals surface area contributed by atoms with Crippen molar-refractivity contribution in [3.63, 3.8) is 0 Å². The third-order valence-electron chi connectivity index (χ3n) is 1.24. The molecule has 0 bridgehead atoms. The van der Waals surface area contributed by atoms with Crippen LogP contribution in [0, 0.1) is 0 Å². The molecule has 0 saturated carbocycles. The molecule has 0 unspecified atom stereocenters. The number of halogens is 3. The Hall–Kier alpha value is 1.32. The van der Waals surface area contributed by atoms with E-state index in [4.69, 9.17) is 4.18 Å². The Labute approximate surface area is 124 Å². The smallest absolute Gasteiger partial charge is 0.228 e. The molecule has 7 heteroatoms. The molecule has 78 valence electrons. The number of rotatable bonds is 3. The van der Waals surface area contributed by atoms with Gasteiger partial charge in [0.2, 0.25) is -0.379 Å². The van der Waals surface area contributed by atoms with Gasteiger partial charge in [-0.1, -0.05) is 18.2 Å². The van der Waals surface area contributed by atoms with Crippen molar-refractivity contribution in [1.29, 1.82) is 0 Å². The van der Waals surface area contributed by atoms with E-state index in [2.05, 4.69) is 0 Å². The summed E-state index contributed by atoms with van der Waals surface area (Å²) in [6.45, 7) is 0. The number of hydrogen-bond donors (Lipinski definition) is 0. The van der Waals surface area contributed by atoms with Crippen molar-refractivity contribution in [1.82, 2.24) is 0 Å². The fraction of sp³-hybridized carbons (Fsp3) is 0.143. The van der Waals surface area contributed by atoms with Gasteiger partial charge < -0.3 is 0 Å². The van der Waals surface area contributed by atoms with Crippen LogP contribution >= 0.6 is 67.8 Å². The standard InChI is InChI=1S/C7H5I3O3S/c8-7(9,10)13-14(11,12)6-4-2-1-3-5-6/h1-5H. The maximum Gasteiger partial charge on any atom is 0.299 e. The Morgan fingerprint density at radius 1 is 1.07 bits per heavy atom. The summed E-state index contributed by atoms with van der Waals surface area (Å²) in [5.41, 5.74) is 0. The predicted octanol–water partition coefficient (Wildman–Crippen LogP) is 3.31. The van der Waals surface area contributed by atoms with Crippen LogP contribution in [0.2, 0.25) is 0 Å². The molecule has 1 aromatic rings. The third-order valence-corrected chi connectivity index (χ3v) is 4.11. The van der Waals surface area contributed by atoms with Crippen molar-refractivity contribution < 1.29 is 12.6 Å². The van der Waals surface area contributed by atoms with Crippen LogP contribution in [0.15, 0.2) is 35.2 Å². The minimum absolute atomic E-state index is 0.175. The van der Waals surface area contributed by atoms with E-state index in [1.54, 1.807) is 18.2 Å². The zero-order valence-corrected chi connectivity index (χ0v) is 13.9. The molecule has 14 heavy (non-hydrogen) atoms. The molecule has 0 N–H and O–H groups in total. The molecule has 0 amide bonds. The summed E-state index contributed by atoms with van der Waals surface area (Å²) in [5, 5.41) is 0. The maximum absolute atomic E-state index is 11.6. The lowest BCUT2D eigenvalue weighted by Gasteiger charge is -2.13. The normalized spacial score (nSPS) is 12.8. The van der Waals surface area contributed by atoms with Gasteiger partial charge >= 0.3 is 0 Å². The third kappa shape index (κ3) is 4.45. The minimum atomic E-state index is -3.64. The molecule has 0 saturated heterocycles. The fourth-order valence-corrected chi connectivity index (χ4v) is 3.73. The largest absolute Gasteiger partial charge is 0.299 e. The van der Waals surface area contributed by atoms with Crippen molar-refractivity contribution in [2.75, 3.05) is 0 Å². The Balaban J connectivity index is 2.99. The van der Waals surface area contributed by atoms with Crippen LogP contribution in [0.5, 0.6) is 0 Å². The van der Waals surface area contributed by atoms with E-state index in [9.17, 15) is 8.42 Å². The highest BCUT2D eigenvalue weighted by molar-refractivity contribution is 14.3. The summed E-state index contributed by atoms with van der Waals surface area (Å²) in [6, 6.07) is 8.08. The quantitative estimate of drug-likeness (QED) is 0.330. The van der Waals surface area contributed by atoms with E-state index >= 15 is 0 Å². The SMILES string of the molecule is O=S(=O)(OC(I)(I)I)c1ccccc1. The Bertz CT molecular complexity index is 396. The average Bonchev–Trinajstić information content (AvgIpc) is 2.01. The van der Waals surface area contributed by atoms with Crippen LogP contribution < -0.4 is 0 Å². The molecule has 0 atom stereocenters. The van der Waals surface area contributed by atoms with Crippen LogP contribution in [-0.4, -0.2) is 8.04 Å². The zero-order chi connectivity index (χ0) is 10.8. The van der Waals surface area contributed by atoms with E-state index in [0.717, 1.165) is 0 Å². The van der Waals surface area contributed by atoms with Gasteiger partial charge in [0.25, 0.3) is 10.1 Å². The zero-order valence-electron chi connectivity index (χ0n) is 6.65. The second-order valence-electron chi connectivity index (χ2n) is 2.30. The molecule has 0 aliphatic carbocycles. The van der Waals surface area contributed by atoms with E-state index in [1.165, 1.54) is 12.1 Å². The van der Waals surface area contributed by atoms with Crippen molar-refractivity contribution >= 4 is 77.9 Å². The first-order valence-corrected chi connectivity index (χ1v) is 8.03. The lowest BCUT2D eigenvalue weighted by molar-refractivity contribution is 0.370. The maximum atomic E-state index is 11.6. The Kier molecular flexibility index (Phi) is 4.88. The van der Waals surface area contributed by atoms with Crippen LogP contribution in [-0.2, 0) is 14.3 Å². The van der Waals surface area contributed by atoms with E-state index in [-0.39, 0.29) is 4.90 Å². The highest BCUT2D eigenvalue weighted by Crippen LogP contribution is 2.39. The molecule has 0 heterocycles. The molecule has 0 aromatic heterocycles. The molecule has 0 spiro atoms. The van der Waals surface area contributed by atoms with Gasteiger partial charge in [-0.15, -0.1) is 0 Å². The summed E-state index contributed by atoms with van der Waals surface area (Å²) in [7, 11) is -3.64.